The summed E-state index contributed by atoms with van der Waals surface area (Å²) >= 11 is 1.80. The molecule has 0 fully saturated rings. The number of anilines is 1. The van der Waals surface area contributed by atoms with Crippen molar-refractivity contribution >= 4 is 27.1 Å². The lowest BCUT2D eigenvalue weighted by Crippen LogP contribution is -1.95. The van der Waals surface area contributed by atoms with Crippen LogP contribution in [0.5, 0.6) is 0 Å². The molecule has 1 heterocycles. The summed E-state index contributed by atoms with van der Waals surface area (Å²) in [5, 5.41) is 3.55. The maximum Gasteiger partial charge on any atom is 0.0397 e. The van der Waals surface area contributed by atoms with Gasteiger partial charge in [-0.3, -0.25) is 0 Å². The van der Waals surface area contributed by atoms with Gasteiger partial charge in [0.25, 0.3) is 0 Å². The van der Waals surface area contributed by atoms with Gasteiger partial charge in [0.15, 0.2) is 0 Å². The van der Waals surface area contributed by atoms with Gasteiger partial charge < -0.3 is 5.73 Å². The number of benzene rings is 1. The number of hydrogen-bond acceptors (Lipinski definition) is 2. The fraction of sp³-hybridized carbons (Fsp3) is 0.333. The fourth-order valence-electron chi connectivity index (χ4n) is 1.94. The average Bonchev–Trinajstić information content (AvgIpc) is 2.65. The molecule has 0 spiro atoms. The lowest BCUT2D eigenvalue weighted by atomic mass is 10.0. The summed E-state index contributed by atoms with van der Waals surface area (Å²) in [5.41, 5.74) is 9.68. The summed E-state index contributed by atoms with van der Waals surface area (Å²) in [6, 6.07) is 4.34. The second kappa shape index (κ2) is 3.62. The molecule has 0 atom stereocenters. The molecule has 0 radical (unpaired) electrons. The summed E-state index contributed by atoms with van der Waals surface area (Å²) in [6.07, 6.45) is 2.08. The second-order valence-corrected chi connectivity index (χ2v) is 4.39. The maximum atomic E-state index is 6.04. The van der Waals surface area contributed by atoms with Crippen LogP contribution in [0.4, 0.5) is 5.69 Å². The Morgan fingerprint density at radius 2 is 2.07 bits per heavy atom. The molecule has 0 amide bonds. The first-order valence-corrected chi connectivity index (χ1v) is 5.93. The molecule has 0 aliphatic heterocycles. The summed E-state index contributed by atoms with van der Waals surface area (Å²) in [5.74, 6) is 0. The molecule has 2 heteroatoms. The van der Waals surface area contributed by atoms with Gasteiger partial charge in [-0.2, -0.15) is 0 Å². The molecule has 0 unspecified atom stereocenters. The zero-order valence-corrected chi connectivity index (χ0v) is 9.45. The van der Waals surface area contributed by atoms with Crippen LogP contribution in [0.1, 0.15) is 25.0 Å². The molecule has 2 aromatic rings. The third-order valence-corrected chi connectivity index (χ3v) is 3.67. The normalized spacial score (nSPS) is 11.0. The van der Waals surface area contributed by atoms with Gasteiger partial charge >= 0.3 is 0 Å². The molecule has 0 aliphatic rings. The summed E-state index contributed by atoms with van der Waals surface area (Å²) in [4.78, 5) is 0. The van der Waals surface area contributed by atoms with Gasteiger partial charge in [-0.05, 0) is 46.9 Å². The molecule has 0 aliphatic carbocycles. The predicted octanol–water partition coefficient (Wildman–Crippen LogP) is 3.61. The van der Waals surface area contributed by atoms with Crippen molar-refractivity contribution in [1.29, 1.82) is 0 Å². The summed E-state index contributed by atoms with van der Waals surface area (Å²) < 4.78 is 1.38. The Morgan fingerprint density at radius 1 is 1.29 bits per heavy atom. The quantitative estimate of drug-likeness (QED) is 0.745. The van der Waals surface area contributed by atoms with Crippen molar-refractivity contribution in [2.75, 3.05) is 5.73 Å². The van der Waals surface area contributed by atoms with Crippen molar-refractivity contribution in [3.8, 4) is 0 Å². The van der Waals surface area contributed by atoms with Crippen LogP contribution in [0.25, 0.3) is 10.1 Å². The molecule has 0 saturated heterocycles. The molecule has 74 valence electrons. The Bertz CT molecular complexity index is 457. The van der Waals surface area contributed by atoms with Gasteiger partial charge in [0.1, 0.15) is 0 Å². The number of hydrogen-bond donors (Lipinski definition) is 1. The van der Waals surface area contributed by atoms with E-state index in [0.29, 0.717) is 0 Å². The molecule has 1 aromatic carbocycles. The lowest BCUT2D eigenvalue weighted by molar-refractivity contribution is 1.14. The smallest absolute Gasteiger partial charge is 0.0397 e. The van der Waals surface area contributed by atoms with Gasteiger partial charge in [0, 0.05) is 10.4 Å². The van der Waals surface area contributed by atoms with Gasteiger partial charge in [-0.15, -0.1) is 11.3 Å². The lowest BCUT2D eigenvalue weighted by Gasteiger charge is -2.08. The minimum atomic E-state index is 0.958. The predicted molar refractivity (Wildman–Crippen MR) is 65.0 cm³/mol. The van der Waals surface area contributed by atoms with E-state index in [-0.39, 0.29) is 0 Å². The second-order valence-electron chi connectivity index (χ2n) is 3.47. The van der Waals surface area contributed by atoms with E-state index in [2.05, 4.69) is 31.4 Å². The number of fused-ring (bicyclic) bond motifs is 1. The highest BCUT2D eigenvalue weighted by Gasteiger charge is 2.08. The van der Waals surface area contributed by atoms with Crippen molar-refractivity contribution in [1.82, 2.24) is 0 Å². The minimum Gasteiger partial charge on any atom is -0.398 e. The van der Waals surface area contributed by atoms with Crippen LogP contribution < -0.4 is 5.73 Å². The standard InChI is InChI=1S/C12H15NS/c1-3-8-7-11(13)9(4-2)12-10(8)5-6-14-12/h5-7H,3-4,13H2,1-2H3. The van der Waals surface area contributed by atoms with Crippen molar-refractivity contribution in [2.24, 2.45) is 0 Å². The van der Waals surface area contributed by atoms with E-state index < -0.39 is 0 Å². The zero-order chi connectivity index (χ0) is 10.1. The monoisotopic (exact) mass is 205 g/mol. The van der Waals surface area contributed by atoms with E-state index in [4.69, 9.17) is 5.73 Å². The van der Waals surface area contributed by atoms with Gasteiger partial charge in [-0.25, -0.2) is 0 Å². The number of aryl methyl sites for hydroxylation is 2. The Labute approximate surface area is 88.6 Å². The van der Waals surface area contributed by atoms with Crippen LogP contribution in [-0.4, -0.2) is 0 Å². The minimum absolute atomic E-state index is 0.958. The van der Waals surface area contributed by atoms with Crippen LogP contribution in [0.2, 0.25) is 0 Å². The molecule has 0 bridgehead atoms. The van der Waals surface area contributed by atoms with Crippen LogP contribution in [0.15, 0.2) is 17.5 Å². The Hall–Kier alpha value is -1.02. The molecule has 14 heavy (non-hydrogen) atoms. The van der Waals surface area contributed by atoms with Crippen molar-refractivity contribution in [2.45, 2.75) is 26.7 Å². The highest BCUT2D eigenvalue weighted by atomic mass is 32.1. The molecular weight excluding hydrogens is 190 g/mol. The fourth-order valence-corrected chi connectivity index (χ4v) is 3.01. The van der Waals surface area contributed by atoms with Crippen LogP contribution in [0.3, 0.4) is 0 Å². The average molecular weight is 205 g/mol. The van der Waals surface area contributed by atoms with Crippen molar-refractivity contribution < 1.29 is 0 Å². The first kappa shape index (κ1) is 9.53. The highest BCUT2D eigenvalue weighted by molar-refractivity contribution is 7.17. The Balaban J connectivity index is 2.81. The number of thiophene rings is 1. The van der Waals surface area contributed by atoms with Crippen molar-refractivity contribution in [3.63, 3.8) is 0 Å². The largest absolute Gasteiger partial charge is 0.398 e. The number of nitrogens with two attached hydrogens (primary N) is 1. The molecular formula is C12H15NS. The Morgan fingerprint density at radius 3 is 2.71 bits per heavy atom. The van der Waals surface area contributed by atoms with E-state index in [9.17, 15) is 0 Å². The third kappa shape index (κ3) is 1.30. The third-order valence-electron chi connectivity index (χ3n) is 2.70. The Kier molecular flexibility index (Phi) is 2.46. The van der Waals surface area contributed by atoms with E-state index in [0.717, 1.165) is 18.5 Å². The van der Waals surface area contributed by atoms with Gasteiger partial charge in [0.05, 0.1) is 0 Å². The first-order chi connectivity index (χ1) is 6.77. The van der Waals surface area contributed by atoms with E-state index >= 15 is 0 Å². The topological polar surface area (TPSA) is 26.0 Å². The molecule has 1 aromatic heterocycles. The summed E-state index contributed by atoms with van der Waals surface area (Å²) in [7, 11) is 0. The molecule has 2 rings (SSSR count). The molecule has 2 N–H and O–H groups in total. The SMILES string of the molecule is CCc1cc(N)c(CC)c2sccc12. The van der Waals surface area contributed by atoms with Gasteiger partial charge in [0.2, 0.25) is 0 Å². The van der Waals surface area contributed by atoms with Crippen molar-refractivity contribution in [3.05, 3.63) is 28.6 Å². The van der Waals surface area contributed by atoms with Crippen LogP contribution in [0, 0.1) is 0 Å². The van der Waals surface area contributed by atoms with Gasteiger partial charge in [-0.1, -0.05) is 13.8 Å². The summed E-state index contributed by atoms with van der Waals surface area (Å²) in [6.45, 7) is 4.34. The van der Waals surface area contributed by atoms with E-state index in [1.807, 2.05) is 0 Å². The zero-order valence-electron chi connectivity index (χ0n) is 8.63. The number of nitrogen functional groups attached to an aromatic ring is 1. The maximum absolute atomic E-state index is 6.04. The van der Waals surface area contributed by atoms with E-state index in [1.54, 1.807) is 11.3 Å². The molecule has 0 saturated carbocycles. The van der Waals surface area contributed by atoms with Crippen LogP contribution in [-0.2, 0) is 12.8 Å². The van der Waals surface area contributed by atoms with Crippen LogP contribution >= 0.6 is 11.3 Å². The first-order valence-electron chi connectivity index (χ1n) is 5.05. The van der Waals surface area contributed by atoms with E-state index in [1.165, 1.54) is 21.2 Å². The number of rotatable bonds is 2. The molecule has 1 nitrogen and oxygen atoms in total. The highest BCUT2D eigenvalue weighted by Crippen LogP contribution is 2.32.